The molecule has 0 spiro atoms. The van der Waals surface area contributed by atoms with E-state index in [0.717, 1.165) is 43.0 Å². The molecule has 0 N–H and O–H groups in total. The molecule has 6 nitrogen and oxygen atoms in total. The quantitative estimate of drug-likeness (QED) is 0.502. The van der Waals surface area contributed by atoms with E-state index in [-0.39, 0.29) is 11.3 Å². The molecule has 2 aromatic heterocycles. The number of nitrogens with zero attached hydrogens (tertiary/aromatic N) is 4. The van der Waals surface area contributed by atoms with Crippen LogP contribution in [0.3, 0.4) is 0 Å². The van der Waals surface area contributed by atoms with Crippen LogP contribution in [0, 0.1) is 12.8 Å². The Hall–Kier alpha value is -3.25. The molecule has 1 aromatic carbocycles. The van der Waals surface area contributed by atoms with E-state index in [9.17, 15) is 9.59 Å². The second-order valence-electron chi connectivity index (χ2n) is 10.3. The van der Waals surface area contributed by atoms with Gasteiger partial charge in [-0.15, -0.1) is 0 Å². The van der Waals surface area contributed by atoms with E-state index >= 15 is 0 Å². The number of piperazine rings is 1. The molecule has 2 fully saturated rings. The van der Waals surface area contributed by atoms with Crippen LogP contribution in [0.1, 0.15) is 58.6 Å². The molecule has 0 radical (unpaired) electrons. The fraction of sp³-hybridized carbons (Fsp3) is 0.433. The Bertz CT molecular complexity index is 1230. The lowest BCUT2D eigenvalue weighted by Gasteiger charge is -2.35. The minimum atomic E-state index is -0.139. The third-order valence-electron chi connectivity index (χ3n) is 7.77. The number of aromatic nitrogens is 2. The lowest BCUT2D eigenvalue weighted by molar-refractivity contribution is 0.0624. The largest absolute Gasteiger partial charge is 0.343 e. The number of hydrogen-bond acceptors (Lipinski definition) is 4. The molecule has 1 saturated carbocycles. The highest BCUT2D eigenvalue weighted by atomic mass is 16.2. The zero-order valence-electron chi connectivity index (χ0n) is 21.2. The average Bonchev–Trinajstić information content (AvgIpc) is 3.41. The summed E-state index contributed by atoms with van der Waals surface area (Å²) in [5, 5.41) is 0. The maximum Gasteiger partial charge on any atom is 0.259 e. The summed E-state index contributed by atoms with van der Waals surface area (Å²) in [7, 11) is 0. The van der Waals surface area contributed by atoms with Gasteiger partial charge in [-0.1, -0.05) is 62.1 Å². The molecule has 1 saturated heterocycles. The first-order valence-electron chi connectivity index (χ1n) is 13.3. The molecule has 6 heteroatoms. The van der Waals surface area contributed by atoms with E-state index in [2.05, 4.69) is 44.8 Å². The second-order valence-corrected chi connectivity index (χ2v) is 10.3. The number of rotatable bonds is 7. The van der Waals surface area contributed by atoms with Gasteiger partial charge in [-0.25, -0.2) is 0 Å². The highest BCUT2D eigenvalue weighted by Gasteiger charge is 2.29. The van der Waals surface area contributed by atoms with Gasteiger partial charge in [0.1, 0.15) is 5.56 Å². The fourth-order valence-corrected chi connectivity index (χ4v) is 5.76. The Labute approximate surface area is 213 Å². The van der Waals surface area contributed by atoms with Gasteiger partial charge >= 0.3 is 0 Å². The van der Waals surface area contributed by atoms with Crippen molar-refractivity contribution in [2.75, 3.05) is 26.2 Å². The molecule has 0 bridgehead atoms. The van der Waals surface area contributed by atoms with Crippen LogP contribution >= 0.6 is 0 Å². The Balaban J connectivity index is 1.40. The van der Waals surface area contributed by atoms with Crippen molar-refractivity contribution >= 4 is 5.91 Å². The van der Waals surface area contributed by atoms with Gasteiger partial charge in [0.2, 0.25) is 0 Å². The van der Waals surface area contributed by atoms with Crippen molar-refractivity contribution in [3.63, 3.8) is 0 Å². The van der Waals surface area contributed by atoms with Gasteiger partial charge in [0, 0.05) is 69.1 Å². The Morgan fingerprint density at radius 2 is 1.67 bits per heavy atom. The Morgan fingerprint density at radius 3 is 2.36 bits per heavy atom. The van der Waals surface area contributed by atoms with Crippen LogP contribution < -0.4 is 5.43 Å². The lowest BCUT2D eigenvalue weighted by Crippen LogP contribution is -2.49. The molecule has 1 aliphatic heterocycles. The van der Waals surface area contributed by atoms with Gasteiger partial charge < -0.3 is 9.47 Å². The van der Waals surface area contributed by atoms with Crippen molar-refractivity contribution in [3.05, 3.63) is 99.2 Å². The fourth-order valence-electron chi connectivity index (χ4n) is 5.76. The number of benzene rings is 1. The van der Waals surface area contributed by atoms with E-state index in [1.807, 2.05) is 30.2 Å². The van der Waals surface area contributed by atoms with Crippen LogP contribution in [0.15, 0.2) is 65.7 Å². The smallest absolute Gasteiger partial charge is 0.259 e. The summed E-state index contributed by atoms with van der Waals surface area (Å²) in [5.74, 6) is 0.424. The SMILES string of the molecule is Cc1cc(=O)c(C(=O)N2CCN(Cc3ccccc3)CC2)c(CC2CCCC2)n1Cc1cccnc1. The number of carbonyl (C=O) groups excluding carboxylic acids is 1. The van der Waals surface area contributed by atoms with E-state index in [4.69, 9.17) is 0 Å². The van der Waals surface area contributed by atoms with Crippen LogP contribution in [0.5, 0.6) is 0 Å². The summed E-state index contributed by atoms with van der Waals surface area (Å²) in [6.07, 6.45) is 9.22. The number of pyridine rings is 2. The summed E-state index contributed by atoms with van der Waals surface area (Å²) in [6.45, 7) is 6.40. The number of hydrogen-bond donors (Lipinski definition) is 0. The van der Waals surface area contributed by atoms with Crippen molar-refractivity contribution in [1.29, 1.82) is 0 Å². The molecule has 3 aromatic rings. The van der Waals surface area contributed by atoms with Crippen molar-refractivity contribution in [1.82, 2.24) is 19.4 Å². The number of carbonyl (C=O) groups is 1. The predicted octanol–water partition coefficient (Wildman–Crippen LogP) is 4.29. The van der Waals surface area contributed by atoms with Crippen molar-refractivity contribution in [2.24, 2.45) is 5.92 Å². The Morgan fingerprint density at radius 1 is 0.944 bits per heavy atom. The average molecular weight is 485 g/mol. The summed E-state index contributed by atoms with van der Waals surface area (Å²) >= 11 is 0. The van der Waals surface area contributed by atoms with Gasteiger partial charge in [-0.05, 0) is 36.5 Å². The molecule has 188 valence electrons. The number of aryl methyl sites for hydroxylation is 1. The molecular weight excluding hydrogens is 448 g/mol. The van der Waals surface area contributed by atoms with Crippen molar-refractivity contribution < 1.29 is 4.79 Å². The minimum absolute atomic E-state index is 0.104. The standard InChI is InChI=1S/C30H36N4O2/c1-23-18-28(35)29(30(36)33-16-14-32(15-17-33)21-25-10-3-2-4-11-25)27(19-24-8-5-6-9-24)34(23)22-26-12-7-13-31-20-26/h2-4,7,10-13,18,20,24H,5-6,8-9,14-17,19,21-22H2,1H3. The van der Waals surface area contributed by atoms with Gasteiger partial charge in [-0.2, -0.15) is 0 Å². The second kappa shape index (κ2) is 11.2. The normalized spacial score (nSPS) is 17.0. The first-order chi connectivity index (χ1) is 17.6. The van der Waals surface area contributed by atoms with Crippen molar-refractivity contribution in [3.8, 4) is 0 Å². The van der Waals surface area contributed by atoms with Crippen molar-refractivity contribution in [2.45, 2.75) is 52.1 Å². The summed E-state index contributed by atoms with van der Waals surface area (Å²) in [5.41, 5.74) is 4.42. The van der Waals surface area contributed by atoms with Gasteiger partial charge in [0.25, 0.3) is 5.91 Å². The van der Waals surface area contributed by atoms with Crippen LogP contribution in [-0.2, 0) is 19.5 Å². The van der Waals surface area contributed by atoms with E-state index < -0.39 is 0 Å². The van der Waals surface area contributed by atoms with Gasteiger partial charge in [0.15, 0.2) is 5.43 Å². The molecule has 1 amide bonds. The third kappa shape index (κ3) is 5.59. The van der Waals surface area contributed by atoms with Crippen LogP contribution in [0.4, 0.5) is 0 Å². The van der Waals surface area contributed by atoms with E-state index in [1.165, 1.54) is 31.2 Å². The zero-order chi connectivity index (χ0) is 24.9. The number of amides is 1. The Kier molecular flexibility index (Phi) is 7.61. The predicted molar refractivity (Wildman–Crippen MR) is 142 cm³/mol. The maximum atomic E-state index is 13.9. The monoisotopic (exact) mass is 484 g/mol. The summed E-state index contributed by atoms with van der Waals surface area (Å²) in [6, 6.07) is 16.1. The molecular formula is C30H36N4O2. The topological polar surface area (TPSA) is 58.4 Å². The maximum absolute atomic E-state index is 13.9. The van der Waals surface area contributed by atoms with Gasteiger partial charge in [-0.3, -0.25) is 19.5 Å². The molecule has 3 heterocycles. The molecule has 2 aliphatic rings. The summed E-state index contributed by atoms with van der Waals surface area (Å²) in [4.78, 5) is 35.8. The highest BCUT2D eigenvalue weighted by molar-refractivity contribution is 5.95. The first-order valence-corrected chi connectivity index (χ1v) is 13.3. The molecule has 0 atom stereocenters. The lowest BCUT2D eigenvalue weighted by atomic mass is 9.96. The first kappa shape index (κ1) is 24.4. The van der Waals surface area contributed by atoms with E-state index in [1.54, 1.807) is 12.3 Å². The molecule has 1 aliphatic carbocycles. The zero-order valence-corrected chi connectivity index (χ0v) is 21.2. The van der Waals surface area contributed by atoms with E-state index in [0.29, 0.717) is 31.1 Å². The molecule has 36 heavy (non-hydrogen) atoms. The summed E-state index contributed by atoms with van der Waals surface area (Å²) < 4.78 is 2.19. The highest BCUT2D eigenvalue weighted by Crippen LogP contribution is 2.29. The van der Waals surface area contributed by atoms with Crippen LogP contribution in [0.25, 0.3) is 0 Å². The molecule has 0 unspecified atom stereocenters. The van der Waals surface area contributed by atoms with Crippen LogP contribution in [-0.4, -0.2) is 51.4 Å². The van der Waals surface area contributed by atoms with Crippen LogP contribution in [0.2, 0.25) is 0 Å². The minimum Gasteiger partial charge on any atom is -0.343 e. The molecule has 5 rings (SSSR count). The van der Waals surface area contributed by atoms with Gasteiger partial charge in [0.05, 0.1) is 0 Å². The third-order valence-corrected chi connectivity index (χ3v) is 7.77.